The Morgan fingerprint density at radius 2 is 2.12 bits per heavy atom. The lowest BCUT2D eigenvalue weighted by Gasteiger charge is -2.28. The van der Waals surface area contributed by atoms with Crippen molar-refractivity contribution in [3.63, 3.8) is 0 Å². The highest BCUT2D eigenvalue weighted by Crippen LogP contribution is 2.07. The number of hydrogen-bond donors (Lipinski definition) is 3. The predicted octanol–water partition coefficient (Wildman–Crippen LogP) is 0.0511. The van der Waals surface area contributed by atoms with Gasteiger partial charge < -0.3 is 20.3 Å². The van der Waals surface area contributed by atoms with E-state index < -0.39 is 17.6 Å². The summed E-state index contributed by atoms with van der Waals surface area (Å²) in [7, 11) is 0. The minimum atomic E-state index is -0.781. The molecule has 5 nitrogen and oxygen atoms in total. The first kappa shape index (κ1) is 15.3. The van der Waals surface area contributed by atoms with Gasteiger partial charge in [0, 0.05) is 12.1 Å². The van der Waals surface area contributed by atoms with Crippen molar-refractivity contribution in [1.82, 2.24) is 5.32 Å². The van der Waals surface area contributed by atoms with E-state index in [9.17, 15) is 9.90 Å². The van der Waals surface area contributed by atoms with Crippen LogP contribution in [0.5, 0.6) is 0 Å². The molecule has 0 aliphatic carbocycles. The molecular formula is C11H23NO4. The van der Waals surface area contributed by atoms with E-state index in [0.29, 0.717) is 6.61 Å². The minimum absolute atomic E-state index is 0.00434. The smallest absolute Gasteiger partial charge is 0.308 e. The van der Waals surface area contributed by atoms with E-state index in [-0.39, 0.29) is 19.6 Å². The van der Waals surface area contributed by atoms with Crippen molar-refractivity contribution in [2.75, 3.05) is 19.8 Å². The molecule has 0 aromatic heterocycles. The van der Waals surface area contributed by atoms with Crippen molar-refractivity contribution in [1.29, 1.82) is 0 Å². The molecule has 0 heterocycles. The molecule has 0 saturated carbocycles. The number of carbonyl (C=O) groups excluding carboxylic acids is 1. The molecule has 0 aliphatic rings. The van der Waals surface area contributed by atoms with Gasteiger partial charge in [-0.25, -0.2) is 0 Å². The molecule has 0 aromatic rings. The number of carbonyl (C=O) groups is 1. The number of aliphatic hydroxyl groups excluding tert-OH is 2. The second kappa shape index (κ2) is 7.60. The lowest BCUT2D eigenvalue weighted by Crippen LogP contribution is -2.48. The Bertz CT molecular complexity index is 204. The molecule has 96 valence electrons. The maximum atomic E-state index is 11.1. The van der Waals surface area contributed by atoms with Gasteiger partial charge in [-0.05, 0) is 20.3 Å². The molecule has 2 unspecified atom stereocenters. The third-order valence-electron chi connectivity index (χ3n) is 2.60. The topological polar surface area (TPSA) is 78.8 Å². The standard InChI is InChI=1S/C11H23NO4/c1-4-11(3,8-13)12-7-9(14)6-10(15)16-5-2/h9,12-14H,4-8H2,1-3H3. The van der Waals surface area contributed by atoms with E-state index in [1.54, 1.807) is 6.92 Å². The summed E-state index contributed by atoms with van der Waals surface area (Å²) in [4.78, 5) is 11.1. The van der Waals surface area contributed by atoms with Gasteiger partial charge in [-0.3, -0.25) is 4.79 Å². The number of ether oxygens (including phenoxy) is 1. The zero-order valence-electron chi connectivity index (χ0n) is 10.3. The molecule has 16 heavy (non-hydrogen) atoms. The Balaban J connectivity index is 3.88. The molecule has 5 heteroatoms. The van der Waals surface area contributed by atoms with Crippen molar-refractivity contribution in [3.05, 3.63) is 0 Å². The third kappa shape index (κ3) is 6.05. The Labute approximate surface area is 96.8 Å². The Kier molecular flexibility index (Phi) is 7.29. The maximum Gasteiger partial charge on any atom is 0.308 e. The first-order valence-corrected chi connectivity index (χ1v) is 5.67. The Morgan fingerprint density at radius 1 is 1.50 bits per heavy atom. The van der Waals surface area contributed by atoms with Crippen LogP contribution in [0.1, 0.15) is 33.6 Å². The van der Waals surface area contributed by atoms with Gasteiger partial charge in [0.2, 0.25) is 0 Å². The number of rotatable bonds is 8. The highest BCUT2D eigenvalue weighted by molar-refractivity contribution is 5.69. The van der Waals surface area contributed by atoms with E-state index in [0.717, 1.165) is 6.42 Å². The van der Waals surface area contributed by atoms with E-state index in [2.05, 4.69) is 5.32 Å². The van der Waals surface area contributed by atoms with Gasteiger partial charge in [0.05, 0.1) is 25.7 Å². The fourth-order valence-corrected chi connectivity index (χ4v) is 1.14. The zero-order valence-corrected chi connectivity index (χ0v) is 10.3. The summed E-state index contributed by atoms with van der Waals surface area (Å²) in [6, 6.07) is 0. The van der Waals surface area contributed by atoms with Crippen LogP contribution in [0, 0.1) is 0 Å². The van der Waals surface area contributed by atoms with Crippen molar-refractivity contribution < 1.29 is 19.7 Å². The average molecular weight is 233 g/mol. The van der Waals surface area contributed by atoms with Gasteiger partial charge >= 0.3 is 5.97 Å². The van der Waals surface area contributed by atoms with Gasteiger partial charge in [0.1, 0.15) is 0 Å². The van der Waals surface area contributed by atoms with Crippen LogP contribution in [0.4, 0.5) is 0 Å². The maximum absolute atomic E-state index is 11.1. The quantitative estimate of drug-likeness (QED) is 0.516. The molecule has 0 aliphatic heterocycles. The summed E-state index contributed by atoms with van der Waals surface area (Å²) in [6.07, 6.45) is -0.0571. The number of esters is 1. The van der Waals surface area contributed by atoms with Crippen LogP contribution in [0.15, 0.2) is 0 Å². The Hall–Kier alpha value is -0.650. The normalized spacial score (nSPS) is 16.6. The van der Waals surface area contributed by atoms with Crippen molar-refractivity contribution in [3.8, 4) is 0 Å². The molecule has 0 radical (unpaired) electrons. The van der Waals surface area contributed by atoms with Crippen LogP contribution in [0.25, 0.3) is 0 Å². The fraction of sp³-hybridized carbons (Fsp3) is 0.909. The molecule has 2 atom stereocenters. The van der Waals surface area contributed by atoms with Crippen LogP contribution in [-0.4, -0.2) is 47.6 Å². The van der Waals surface area contributed by atoms with Crippen molar-refractivity contribution in [2.24, 2.45) is 0 Å². The number of hydrogen-bond acceptors (Lipinski definition) is 5. The second-order valence-corrected chi connectivity index (χ2v) is 4.12. The molecule has 0 amide bonds. The summed E-state index contributed by atoms with van der Waals surface area (Å²) >= 11 is 0. The molecule has 0 spiro atoms. The highest BCUT2D eigenvalue weighted by atomic mass is 16.5. The molecule has 3 N–H and O–H groups in total. The van der Waals surface area contributed by atoms with Crippen LogP contribution in [-0.2, 0) is 9.53 Å². The van der Waals surface area contributed by atoms with Crippen molar-refractivity contribution >= 4 is 5.97 Å². The average Bonchev–Trinajstić information content (AvgIpc) is 2.26. The van der Waals surface area contributed by atoms with Crippen LogP contribution < -0.4 is 5.32 Å². The number of nitrogens with one attached hydrogen (secondary N) is 1. The number of β-amino-alcohol motifs (C(OH)–C–C–N with tert-alkyl or cyclic N) is 1. The predicted molar refractivity (Wildman–Crippen MR) is 61.0 cm³/mol. The van der Waals surface area contributed by atoms with Crippen LogP contribution in [0.2, 0.25) is 0 Å². The zero-order chi connectivity index (χ0) is 12.6. The third-order valence-corrected chi connectivity index (χ3v) is 2.60. The first-order chi connectivity index (χ1) is 7.47. The van der Waals surface area contributed by atoms with Gasteiger partial charge in [-0.2, -0.15) is 0 Å². The summed E-state index contributed by atoms with van der Waals surface area (Å²) < 4.78 is 4.72. The molecule has 0 aromatic carbocycles. The molecule has 0 fully saturated rings. The van der Waals surface area contributed by atoms with Gasteiger partial charge in [-0.15, -0.1) is 0 Å². The van der Waals surface area contributed by atoms with Gasteiger partial charge in [-0.1, -0.05) is 6.92 Å². The summed E-state index contributed by atoms with van der Waals surface area (Å²) in [6.45, 7) is 6.12. The minimum Gasteiger partial charge on any atom is -0.466 e. The lowest BCUT2D eigenvalue weighted by atomic mass is 10.00. The SMILES string of the molecule is CCOC(=O)CC(O)CNC(C)(CC)CO. The summed E-state index contributed by atoms with van der Waals surface area (Å²) in [5.41, 5.74) is -0.407. The molecule has 0 bridgehead atoms. The first-order valence-electron chi connectivity index (χ1n) is 5.67. The van der Waals surface area contributed by atoms with Crippen LogP contribution in [0.3, 0.4) is 0 Å². The lowest BCUT2D eigenvalue weighted by molar-refractivity contribution is -0.145. The van der Waals surface area contributed by atoms with Gasteiger partial charge in [0.25, 0.3) is 0 Å². The van der Waals surface area contributed by atoms with Crippen LogP contribution >= 0.6 is 0 Å². The van der Waals surface area contributed by atoms with E-state index in [1.807, 2.05) is 13.8 Å². The highest BCUT2D eigenvalue weighted by Gasteiger charge is 2.22. The summed E-state index contributed by atoms with van der Waals surface area (Å²) in [5, 5.41) is 21.7. The van der Waals surface area contributed by atoms with E-state index in [1.165, 1.54) is 0 Å². The second-order valence-electron chi connectivity index (χ2n) is 4.12. The molecule has 0 rings (SSSR count). The largest absolute Gasteiger partial charge is 0.466 e. The fourth-order valence-electron chi connectivity index (χ4n) is 1.14. The number of aliphatic hydroxyl groups is 2. The monoisotopic (exact) mass is 233 g/mol. The van der Waals surface area contributed by atoms with Gasteiger partial charge in [0.15, 0.2) is 0 Å². The van der Waals surface area contributed by atoms with E-state index in [4.69, 9.17) is 9.84 Å². The molecular weight excluding hydrogens is 210 g/mol. The summed E-state index contributed by atoms with van der Waals surface area (Å²) in [5.74, 6) is -0.404. The van der Waals surface area contributed by atoms with E-state index >= 15 is 0 Å². The van der Waals surface area contributed by atoms with Crippen molar-refractivity contribution in [2.45, 2.75) is 45.3 Å². The molecule has 0 saturated heterocycles. The Morgan fingerprint density at radius 3 is 2.56 bits per heavy atom.